The van der Waals surface area contributed by atoms with Crippen molar-refractivity contribution in [3.63, 3.8) is 0 Å². The molecule has 0 unspecified atom stereocenters. The van der Waals surface area contributed by atoms with Gasteiger partial charge in [0.05, 0.1) is 19.0 Å². The number of aromatic nitrogens is 4. The van der Waals surface area contributed by atoms with Gasteiger partial charge in [-0.1, -0.05) is 60.7 Å². The summed E-state index contributed by atoms with van der Waals surface area (Å²) in [5, 5.41) is 3.43. The van der Waals surface area contributed by atoms with Gasteiger partial charge in [-0.3, -0.25) is 14.4 Å². The fraction of sp³-hybridized carbons (Fsp3) is 0.355. The van der Waals surface area contributed by atoms with Crippen LogP contribution in [-0.2, 0) is 28.6 Å². The number of anilines is 1. The van der Waals surface area contributed by atoms with Crippen LogP contribution in [0.5, 0.6) is 0 Å². The van der Waals surface area contributed by atoms with Crippen LogP contribution in [0, 0.1) is 5.92 Å². The van der Waals surface area contributed by atoms with Crippen LogP contribution < -0.4 is 5.32 Å². The van der Waals surface area contributed by atoms with E-state index in [2.05, 4.69) is 44.5 Å². The Morgan fingerprint density at radius 3 is 2.09 bits per heavy atom. The topological polar surface area (TPSA) is 135 Å². The first kappa shape index (κ1) is 30.0. The molecule has 1 N–H and O–H groups in total. The second-order valence-corrected chi connectivity index (χ2v) is 10.8. The van der Waals surface area contributed by atoms with E-state index in [1.807, 2.05) is 36.4 Å². The third kappa shape index (κ3) is 6.94. The molecule has 4 atom stereocenters. The van der Waals surface area contributed by atoms with Crippen LogP contribution in [0.25, 0.3) is 11.2 Å². The summed E-state index contributed by atoms with van der Waals surface area (Å²) in [6.07, 6.45) is 0.191. The van der Waals surface area contributed by atoms with E-state index in [1.54, 1.807) is 10.9 Å². The quantitative estimate of drug-likeness (QED) is 0.154. The molecule has 2 heterocycles. The van der Waals surface area contributed by atoms with Gasteiger partial charge < -0.3 is 24.1 Å². The van der Waals surface area contributed by atoms with Crippen molar-refractivity contribution in [3.8, 4) is 0 Å². The van der Waals surface area contributed by atoms with Crippen LogP contribution in [0.3, 0.4) is 0 Å². The number of esters is 3. The van der Waals surface area contributed by atoms with Gasteiger partial charge in [-0.05, 0) is 29.1 Å². The van der Waals surface area contributed by atoms with Gasteiger partial charge in [-0.15, -0.1) is 0 Å². The van der Waals surface area contributed by atoms with Crippen molar-refractivity contribution < 1.29 is 28.6 Å². The smallest absolute Gasteiger partial charge is 0.303 e. The van der Waals surface area contributed by atoms with Crippen molar-refractivity contribution in [2.24, 2.45) is 5.92 Å². The number of halogens is 1. The molecule has 0 saturated heterocycles. The molecule has 5 rings (SSSR count). The summed E-state index contributed by atoms with van der Waals surface area (Å²) in [5.74, 6) is -1.54. The lowest BCUT2D eigenvalue weighted by molar-refractivity contribution is -0.168. The van der Waals surface area contributed by atoms with E-state index in [4.69, 9.17) is 25.8 Å². The van der Waals surface area contributed by atoms with Crippen molar-refractivity contribution >= 4 is 46.5 Å². The summed E-state index contributed by atoms with van der Waals surface area (Å²) in [5.41, 5.74) is 3.15. The second kappa shape index (κ2) is 13.2. The minimum Gasteiger partial charge on any atom is -0.465 e. The number of ether oxygens (including phenoxy) is 3. The van der Waals surface area contributed by atoms with Crippen LogP contribution in [-0.4, -0.2) is 62.8 Å². The first-order chi connectivity index (χ1) is 20.7. The van der Waals surface area contributed by atoms with Crippen LogP contribution in [0.4, 0.5) is 5.82 Å². The second-order valence-electron chi connectivity index (χ2n) is 10.4. The Labute approximate surface area is 253 Å². The van der Waals surface area contributed by atoms with E-state index >= 15 is 0 Å². The number of hydrogen-bond acceptors (Lipinski definition) is 10. The molecular weight excluding hydrogens is 574 g/mol. The van der Waals surface area contributed by atoms with E-state index in [1.165, 1.54) is 20.8 Å². The predicted molar refractivity (Wildman–Crippen MR) is 158 cm³/mol. The van der Waals surface area contributed by atoms with Crippen molar-refractivity contribution in [1.82, 2.24) is 19.5 Å². The Hall–Kier alpha value is -4.51. The van der Waals surface area contributed by atoms with Gasteiger partial charge in [0.25, 0.3) is 0 Å². The minimum atomic E-state index is -0.884. The van der Waals surface area contributed by atoms with Gasteiger partial charge in [0, 0.05) is 39.2 Å². The van der Waals surface area contributed by atoms with Gasteiger partial charge in [0.15, 0.2) is 23.1 Å². The van der Waals surface area contributed by atoms with E-state index < -0.39 is 42.1 Å². The Morgan fingerprint density at radius 1 is 0.907 bits per heavy atom. The lowest BCUT2D eigenvalue weighted by atomic mass is 9.91. The van der Waals surface area contributed by atoms with Gasteiger partial charge in [0.1, 0.15) is 6.10 Å². The molecule has 43 heavy (non-hydrogen) atoms. The Morgan fingerprint density at radius 2 is 1.51 bits per heavy atom. The Bertz CT molecular complexity index is 1560. The molecular formula is C31H32ClN5O6. The third-order valence-corrected chi connectivity index (χ3v) is 7.61. The van der Waals surface area contributed by atoms with Crippen molar-refractivity contribution in [2.45, 2.75) is 51.4 Å². The van der Waals surface area contributed by atoms with Gasteiger partial charge in [-0.2, -0.15) is 9.97 Å². The Kier molecular flexibility index (Phi) is 9.20. The largest absolute Gasteiger partial charge is 0.465 e. The molecule has 2 aromatic heterocycles. The standard InChI is InChI=1S/C31H32ClN5O6/c1-18(38)41-16-23-14-25(28(43-20(3)40)27(23)42-19(2)39)37-17-34-26-29(35-31(32)36-30(26)37)33-15-24(21-10-6-4-7-11-21)22-12-8-5-9-13-22/h4-13,17,23-25,27-28H,14-16H2,1-3H3,(H,33,35,36)/t23-,25-,27+,28+/m1/s1. The number of nitrogens with one attached hydrogen (secondary N) is 1. The number of carbonyl (C=O) groups excluding carboxylic acids is 3. The molecule has 1 fully saturated rings. The van der Waals surface area contributed by atoms with E-state index in [0.29, 0.717) is 29.9 Å². The molecule has 11 nitrogen and oxygen atoms in total. The van der Waals surface area contributed by atoms with Crippen molar-refractivity contribution in [2.75, 3.05) is 18.5 Å². The van der Waals surface area contributed by atoms with Crippen LogP contribution in [0.2, 0.25) is 5.28 Å². The maximum atomic E-state index is 12.1. The lowest BCUT2D eigenvalue weighted by Crippen LogP contribution is -2.38. The molecule has 4 aromatic rings. The number of hydrogen-bond donors (Lipinski definition) is 1. The Balaban J connectivity index is 1.49. The first-order valence-corrected chi connectivity index (χ1v) is 14.3. The summed E-state index contributed by atoms with van der Waals surface area (Å²) in [4.78, 5) is 49.2. The molecule has 0 radical (unpaired) electrons. The summed E-state index contributed by atoms with van der Waals surface area (Å²) < 4.78 is 18.3. The fourth-order valence-corrected chi connectivity index (χ4v) is 5.83. The maximum absolute atomic E-state index is 12.1. The summed E-state index contributed by atoms with van der Waals surface area (Å²) in [6, 6.07) is 19.8. The average Bonchev–Trinajstić information content (AvgIpc) is 3.53. The number of benzene rings is 2. The van der Waals surface area contributed by atoms with E-state index in [9.17, 15) is 14.4 Å². The van der Waals surface area contributed by atoms with Crippen LogP contribution in [0.15, 0.2) is 67.0 Å². The molecule has 1 saturated carbocycles. The van der Waals surface area contributed by atoms with Gasteiger partial charge >= 0.3 is 17.9 Å². The molecule has 12 heteroatoms. The molecule has 2 aromatic carbocycles. The normalized spacial score (nSPS) is 19.7. The van der Waals surface area contributed by atoms with E-state index in [0.717, 1.165) is 11.1 Å². The zero-order valence-electron chi connectivity index (χ0n) is 24.0. The summed E-state index contributed by atoms with van der Waals surface area (Å²) >= 11 is 6.42. The zero-order chi connectivity index (χ0) is 30.5. The highest BCUT2D eigenvalue weighted by molar-refractivity contribution is 6.28. The number of fused-ring (bicyclic) bond motifs is 1. The number of carbonyl (C=O) groups is 3. The average molecular weight is 606 g/mol. The van der Waals surface area contributed by atoms with Crippen molar-refractivity contribution in [1.29, 1.82) is 0 Å². The number of imidazole rings is 1. The number of nitrogens with zero attached hydrogens (tertiary/aromatic N) is 4. The van der Waals surface area contributed by atoms with Gasteiger partial charge in [0.2, 0.25) is 5.28 Å². The molecule has 0 bridgehead atoms. The SMILES string of the molecule is CC(=O)OC[C@H]1C[C@@H](n2cnc3c(NCC(c4ccccc4)c4ccccc4)nc(Cl)nc32)[C@H](OC(C)=O)[C@H]1OC(C)=O. The molecule has 0 spiro atoms. The van der Waals surface area contributed by atoms with E-state index in [-0.39, 0.29) is 17.8 Å². The fourth-order valence-electron chi connectivity index (χ4n) is 5.67. The van der Waals surface area contributed by atoms with Crippen molar-refractivity contribution in [3.05, 3.63) is 83.4 Å². The number of rotatable bonds is 10. The molecule has 1 aliphatic carbocycles. The monoisotopic (exact) mass is 605 g/mol. The highest BCUT2D eigenvalue weighted by atomic mass is 35.5. The highest BCUT2D eigenvalue weighted by Crippen LogP contribution is 2.41. The molecule has 224 valence electrons. The molecule has 1 aliphatic rings. The minimum absolute atomic E-state index is 0.00255. The lowest BCUT2D eigenvalue weighted by Gasteiger charge is -2.26. The van der Waals surface area contributed by atoms with Crippen LogP contribution >= 0.6 is 11.6 Å². The summed E-state index contributed by atoms with van der Waals surface area (Å²) in [7, 11) is 0. The predicted octanol–water partition coefficient (Wildman–Crippen LogP) is 4.71. The molecule has 0 amide bonds. The third-order valence-electron chi connectivity index (χ3n) is 7.45. The maximum Gasteiger partial charge on any atom is 0.303 e. The zero-order valence-corrected chi connectivity index (χ0v) is 24.7. The highest BCUT2D eigenvalue weighted by Gasteiger charge is 2.49. The van der Waals surface area contributed by atoms with Crippen LogP contribution in [0.1, 0.15) is 50.3 Å². The summed E-state index contributed by atoms with van der Waals surface area (Å²) in [6.45, 7) is 4.34. The first-order valence-electron chi connectivity index (χ1n) is 13.9. The molecule has 0 aliphatic heterocycles. The van der Waals surface area contributed by atoms with Gasteiger partial charge in [-0.25, -0.2) is 4.98 Å².